The number of hydrogen-bond acceptors (Lipinski definition) is 5. The summed E-state index contributed by atoms with van der Waals surface area (Å²) in [7, 11) is 0. The number of alkyl halides is 2. The molecular weight excluding hydrogens is 270 g/mol. The summed E-state index contributed by atoms with van der Waals surface area (Å²) in [5.74, 6) is -0.398. The van der Waals surface area contributed by atoms with Gasteiger partial charge in [-0.05, 0) is 24.4 Å². The van der Waals surface area contributed by atoms with Crippen LogP contribution in [0.2, 0.25) is 0 Å². The van der Waals surface area contributed by atoms with Crippen molar-refractivity contribution in [3.8, 4) is 11.5 Å². The number of carbonyl (C=O) groups is 1. The molecule has 0 saturated carbocycles. The van der Waals surface area contributed by atoms with Crippen molar-refractivity contribution in [3.63, 3.8) is 0 Å². The summed E-state index contributed by atoms with van der Waals surface area (Å²) in [6, 6.07) is 4.11. The van der Waals surface area contributed by atoms with Gasteiger partial charge in [0, 0.05) is 0 Å². The molecule has 1 aromatic rings. The van der Waals surface area contributed by atoms with E-state index in [1.165, 1.54) is 18.2 Å². The van der Waals surface area contributed by atoms with Crippen LogP contribution in [0.25, 0.3) is 0 Å². The molecule has 0 unspecified atom stereocenters. The van der Waals surface area contributed by atoms with Crippen molar-refractivity contribution in [2.24, 2.45) is 5.73 Å². The number of halogens is 2. The number of anilines is 1. The van der Waals surface area contributed by atoms with Gasteiger partial charge in [-0.15, -0.1) is 8.78 Å². The number of primary amides is 1. The number of ether oxygens (including phenoxy) is 3. The highest BCUT2D eigenvalue weighted by Crippen LogP contribution is 2.45. The van der Waals surface area contributed by atoms with E-state index in [2.05, 4.69) is 31.7 Å². The van der Waals surface area contributed by atoms with E-state index in [4.69, 9.17) is 5.73 Å². The summed E-state index contributed by atoms with van der Waals surface area (Å²) < 4.78 is 38.6. The van der Waals surface area contributed by atoms with Crippen molar-refractivity contribution in [2.75, 3.05) is 5.32 Å². The fraction of sp³-hybridized carbons (Fsp3) is 0.111. The third-order valence-electron chi connectivity index (χ3n) is 1.86. The van der Waals surface area contributed by atoms with Gasteiger partial charge < -0.3 is 25.3 Å². The minimum absolute atomic E-state index is 0.0657. The van der Waals surface area contributed by atoms with E-state index in [1.54, 1.807) is 0 Å². The Labute approximate surface area is 105 Å². The number of nitrogens with one attached hydrogen (secondary N) is 1. The lowest BCUT2D eigenvalue weighted by atomic mass is 10.3. The third kappa shape index (κ3) is 2.56. The van der Waals surface area contributed by atoms with Gasteiger partial charge in [0.1, 0.15) is 0 Å². The zero-order valence-electron chi connectivity index (χ0n) is 8.61. The number of amides is 1. The number of thiocarbonyl (C=S) groups is 1. The minimum atomic E-state index is -3.74. The fourth-order valence-corrected chi connectivity index (χ4v) is 1.49. The van der Waals surface area contributed by atoms with Crippen LogP contribution >= 0.6 is 12.2 Å². The summed E-state index contributed by atoms with van der Waals surface area (Å²) in [5.41, 5.74) is 4.80. The summed E-state index contributed by atoms with van der Waals surface area (Å²) in [6.07, 6.45) is -4.87. The molecule has 9 heteroatoms. The largest absolute Gasteiger partial charge is 0.586 e. The Bertz CT molecular complexity index is 523. The number of carbonyl (C=O) groups excluding carboxylic acids is 1. The maximum absolute atomic E-state index is 12.9. The van der Waals surface area contributed by atoms with Crippen LogP contribution in [0.5, 0.6) is 11.5 Å². The maximum atomic E-state index is 12.9. The number of rotatable bonds is 1. The predicted octanol–water partition coefficient (Wildman–Crippen LogP) is 1.80. The molecule has 6 nitrogen and oxygen atoms in total. The van der Waals surface area contributed by atoms with Crippen molar-refractivity contribution in [2.45, 2.75) is 6.29 Å². The average Bonchev–Trinajstić information content (AvgIpc) is 2.52. The van der Waals surface area contributed by atoms with E-state index in [9.17, 15) is 13.6 Å². The van der Waals surface area contributed by atoms with E-state index < -0.39 is 17.6 Å². The lowest BCUT2D eigenvalue weighted by Gasteiger charge is -2.09. The Hall–Kier alpha value is -2.16. The van der Waals surface area contributed by atoms with Crippen LogP contribution in [0.1, 0.15) is 0 Å². The van der Waals surface area contributed by atoms with Gasteiger partial charge in [-0.25, -0.2) is 4.79 Å². The molecule has 0 aliphatic carbocycles. The topological polar surface area (TPSA) is 82.8 Å². The number of benzene rings is 1. The van der Waals surface area contributed by atoms with Crippen molar-refractivity contribution in [1.82, 2.24) is 0 Å². The van der Waals surface area contributed by atoms with E-state index in [0.717, 1.165) is 0 Å². The van der Waals surface area contributed by atoms with Crippen LogP contribution in [-0.2, 0) is 4.74 Å². The predicted molar refractivity (Wildman–Crippen MR) is 59.5 cm³/mol. The van der Waals surface area contributed by atoms with Gasteiger partial charge in [-0.2, -0.15) is 0 Å². The third-order valence-corrected chi connectivity index (χ3v) is 2.04. The van der Waals surface area contributed by atoms with Gasteiger partial charge in [-0.3, -0.25) is 0 Å². The Morgan fingerprint density at radius 3 is 2.83 bits per heavy atom. The molecule has 1 aliphatic heterocycles. The second kappa shape index (κ2) is 4.26. The first-order valence-corrected chi connectivity index (χ1v) is 4.95. The van der Waals surface area contributed by atoms with Gasteiger partial charge in [0.25, 0.3) is 5.17 Å². The normalized spacial score (nSPS) is 15.0. The first-order valence-electron chi connectivity index (χ1n) is 4.54. The molecule has 1 aromatic carbocycles. The van der Waals surface area contributed by atoms with Crippen molar-refractivity contribution in [1.29, 1.82) is 0 Å². The number of para-hydroxylation sites is 1. The minimum Gasteiger partial charge on any atom is -0.395 e. The lowest BCUT2D eigenvalue weighted by molar-refractivity contribution is -0.286. The standard InChI is InChI=1S/C9H6F2N2O4S/c10-9(11)16-5-3-1-2-4(6(5)17-9)13-8(18)15-7(12)14/h1-3H,(H2,12,14)(H,13,18). The van der Waals surface area contributed by atoms with Crippen LogP contribution in [-0.4, -0.2) is 17.6 Å². The molecule has 3 N–H and O–H groups in total. The van der Waals surface area contributed by atoms with Gasteiger partial charge in [0.05, 0.1) is 5.69 Å². The monoisotopic (exact) mass is 276 g/mol. The smallest absolute Gasteiger partial charge is 0.395 e. The van der Waals surface area contributed by atoms with E-state index in [1.807, 2.05) is 0 Å². The zero-order valence-corrected chi connectivity index (χ0v) is 9.42. The highest BCUT2D eigenvalue weighted by Gasteiger charge is 2.44. The quantitative estimate of drug-likeness (QED) is 0.761. The summed E-state index contributed by atoms with van der Waals surface area (Å²) >= 11 is 4.62. The van der Waals surface area contributed by atoms with Crippen LogP contribution in [0.15, 0.2) is 18.2 Å². The summed E-state index contributed by atoms with van der Waals surface area (Å²) in [6.45, 7) is 0. The summed E-state index contributed by atoms with van der Waals surface area (Å²) in [4.78, 5) is 10.4. The zero-order chi connectivity index (χ0) is 13.3. The van der Waals surface area contributed by atoms with Crippen LogP contribution in [0.3, 0.4) is 0 Å². The van der Waals surface area contributed by atoms with E-state index in [-0.39, 0.29) is 17.2 Å². The molecule has 0 aromatic heterocycles. The average molecular weight is 276 g/mol. The Morgan fingerprint density at radius 2 is 2.17 bits per heavy atom. The molecule has 1 aliphatic rings. The second-order valence-electron chi connectivity index (χ2n) is 3.13. The Kier molecular flexibility index (Phi) is 2.91. The van der Waals surface area contributed by atoms with Crippen molar-refractivity contribution >= 4 is 29.2 Å². The number of hydrogen-bond donors (Lipinski definition) is 2. The van der Waals surface area contributed by atoms with Gasteiger partial charge in [0.2, 0.25) is 0 Å². The molecule has 0 fully saturated rings. The van der Waals surface area contributed by atoms with Crippen molar-refractivity contribution in [3.05, 3.63) is 18.2 Å². The van der Waals surface area contributed by atoms with Crippen LogP contribution < -0.4 is 20.5 Å². The molecule has 0 radical (unpaired) electrons. The number of fused-ring (bicyclic) bond motifs is 1. The maximum Gasteiger partial charge on any atom is 0.586 e. The summed E-state index contributed by atoms with van der Waals surface area (Å²) in [5, 5.41) is 1.99. The Morgan fingerprint density at radius 1 is 1.44 bits per heavy atom. The van der Waals surface area contributed by atoms with E-state index in [0.29, 0.717) is 0 Å². The molecule has 0 bridgehead atoms. The molecule has 18 heavy (non-hydrogen) atoms. The molecule has 0 saturated heterocycles. The first kappa shape index (κ1) is 12.3. The van der Waals surface area contributed by atoms with Crippen LogP contribution in [0, 0.1) is 0 Å². The molecule has 1 amide bonds. The van der Waals surface area contributed by atoms with Crippen molar-refractivity contribution < 1.29 is 27.8 Å². The highest BCUT2D eigenvalue weighted by molar-refractivity contribution is 7.80. The molecule has 0 spiro atoms. The first-order chi connectivity index (χ1) is 8.37. The molecule has 1 heterocycles. The van der Waals surface area contributed by atoms with Gasteiger partial charge >= 0.3 is 12.4 Å². The molecule has 96 valence electrons. The molecule has 0 atom stereocenters. The van der Waals surface area contributed by atoms with Gasteiger partial charge in [-0.1, -0.05) is 6.07 Å². The highest BCUT2D eigenvalue weighted by atomic mass is 32.1. The number of nitrogens with two attached hydrogens (primary N) is 1. The van der Waals surface area contributed by atoms with Crippen LogP contribution in [0.4, 0.5) is 19.3 Å². The molecule has 2 rings (SSSR count). The van der Waals surface area contributed by atoms with E-state index >= 15 is 0 Å². The fourth-order valence-electron chi connectivity index (χ4n) is 1.29. The Balaban J connectivity index is 2.19. The molecular formula is C9H6F2N2O4S. The second-order valence-corrected chi connectivity index (χ2v) is 3.50. The SMILES string of the molecule is NC(=O)OC(=S)Nc1cccc2c1OC(F)(F)O2. The van der Waals surface area contributed by atoms with Gasteiger partial charge in [0.15, 0.2) is 11.5 Å². The lowest BCUT2D eigenvalue weighted by Crippen LogP contribution is -2.26.